The van der Waals surface area contributed by atoms with Gasteiger partial charge in [-0.1, -0.05) is 12.1 Å². The van der Waals surface area contributed by atoms with Gasteiger partial charge in [-0.3, -0.25) is 4.79 Å². The fourth-order valence-electron chi connectivity index (χ4n) is 3.27. The van der Waals surface area contributed by atoms with Crippen molar-refractivity contribution >= 4 is 11.6 Å². The van der Waals surface area contributed by atoms with E-state index < -0.39 is 0 Å². The lowest BCUT2D eigenvalue weighted by Gasteiger charge is -2.14. The first-order valence-electron chi connectivity index (χ1n) is 9.31. The lowest BCUT2D eigenvalue weighted by atomic mass is 10.1. The maximum atomic E-state index is 12.7. The average molecular weight is 378 g/mol. The van der Waals surface area contributed by atoms with Crippen LogP contribution in [0.25, 0.3) is 0 Å². The number of benzene rings is 2. The Hall–Kier alpha value is -3.35. The first-order chi connectivity index (χ1) is 13.6. The second-order valence-corrected chi connectivity index (χ2v) is 6.77. The van der Waals surface area contributed by atoms with Crippen LogP contribution in [0.5, 0.6) is 11.5 Å². The van der Waals surface area contributed by atoms with E-state index >= 15 is 0 Å². The number of ether oxygens (including phenoxy) is 2. The van der Waals surface area contributed by atoms with E-state index in [1.807, 2.05) is 38.1 Å². The molecule has 28 heavy (non-hydrogen) atoms. The minimum Gasteiger partial charge on any atom is -0.492 e. The molecular weight excluding hydrogens is 356 g/mol. The van der Waals surface area contributed by atoms with Crippen LogP contribution in [0.3, 0.4) is 0 Å². The summed E-state index contributed by atoms with van der Waals surface area (Å²) in [5, 5.41) is 7.04. The topological polar surface area (TPSA) is 78.3 Å². The number of rotatable bonds is 6. The summed E-state index contributed by atoms with van der Waals surface area (Å²) in [5.74, 6) is 1.27. The molecule has 0 saturated heterocycles. The van der Waals surface area contributed by atoms with Crippen molar-refractivity contribution in [2.24, 2.45) is 0 Å². The molecule has 2 heterocycles. The van der Waals surface area contributed by atoms with Crippen LogP contribution in [0.1, 0.15) is 35.3 Å². The Kier molecular flexibility index (Phi) is 4.97. The molecule has 4 rings (SSSR count). The molecule has 7 heteroatoms. The van der Waals surface area contributed by atoms with E-state index in [0.29, 0.717) is 30.2 Å². The Morgan fingerprint density at radius 3 is 2.86 bits per heavy atom. The zero-order valence-electron chi connectivity index (χ0n) is 15.9. The molecule has 144 valence electrons. The van der Waals surface area contributed by atoms with Crippen LogP contribution >= 0.6 is 0 Å². The van der Waals surface area contributed by atoms with E-state index in [-0.39, 0.29) is 12.0 Å². The summed E-state index contributed by atoms with van der Waals surface area (Å²) in [7, 11) is 0. The highest BCUT2D eigenvalue weighted by molar-refractivity contribution is 6.05. The Labute approximate surface area is 163 Å². The Bertz CT molecular complexity index is 968. The van der Waals surface area contributed by atoms with E-state index in [1.165, 1.54) is 6.33 Å². The van der Waals surface area contributed by atoms with Gasteiger partial charge in [-0.15, -0.1) is 0 Å². The molecule has 0 aliphatic carbocycles. The van der Waals surface area contributed by atoms with E-state index in [4.69, 9.17) is 9.47 Å². The van der Waals surface area contributed by atoms with Crippen LogP contribution in [-0.4, -0.2) is 33.4 Å². The van der Waals surface area contributed by atoms with Gasteiger partial charge in [0.1, 0.15) is 30.3 Å². The number of carbonyl (C=O) groups is 1. The van der Waals surface area contributed by atoms with Crippen LogP contribution in [0.4, 0.5) is 5.69 Å². The van der Waals surface area contributed by atoms with Gasteiger partial charge >= 0.3 is 0 Å². The molecule has 0 fully saturated rings. The molecule has 1 aromatic heterocycles. The fraction of sp³-hybridized carbons (Fsp3) is 0.286. The van der Waals surface area contributed by atoms with E-state index in [1.54, 1.807) is 23.1 Å². The Morgan fingerprint density at radius 2 is 2.14 bits per heavy atom. The van der Waals surface area contributed by atoms with Gasteiger partial charge in [-0.05, 0) is 37.6 Å². The van der Waals surface area contributed by atoms with Gasteiger partial charge in [-0.25, -0.2) is 9.67 Å². The standard InChI is InChI=1S/C21H22N4O3/c1-3-27-20-9-17-8-14(2)28-19(17)10-18(20)24-21(26)16-6-4-15(5-7-16)11-25-13-22-12-23-25/h4-7,9-10,12-14H,3,8,11H2,1-2H3,(H,24,26). The molecule has 0 saturated carbocycles. The molecule has 1 amide bonds. The average Bonchev–Trinajstić information content (AvgIpc) is 3.31. The predicted molar refractivity (Wildman–Crippen MR) is 105 cm³/mol. The van der Waals surface area contributed by atoms with Gasteiger partial charge < -0.3 is 14.8 Å². The molecule has 7 nitrogen and oxygen atoms in total. The van der Waals surface area contributed by atoms with Crippen molar-refractivity contribution in [3.8, 4) is 11.5 Å². The monoisotopic (exact) mass is 378 g/mol. The summed E-state index contributed by atoms with van der Waals surface area (Å²) in [4.78, 5) is 16.7. The van der Waals surface area contributed by atoms with E-state index in [9.17, 15) is 4.79 Å². The van der Waals surface area contributed by atoms with Gasteiger partial charge in [0.15, 0.2) is 0 Å². The van der Waals surface area contributed by atoms with Crippen molar-refractivity contribution in [1.29, 1.82) is 0 Å². The zero-order valence-corrected chi connectivity index (χ0v) is 15.9. The number of hydrogen-bond donors (Lipinski definition) is 1. The van der Waals surface area contributed by atoms with E-state index in [2.05, 4.69) is 15.4 Å². The van der Waals surface area contributed by atoms with Gasteiger partial charge in [0, 0.05) is 23.6 Å². The van der Waals surface area contributed by atoms with Crippen LogP contribution < -0.4 is 14.8 Å². The first-order valence-corrected chi connectivity index (χ1v) is 9.31. The SMILES string of the molecule is CCOc1cc2c(cc1NC(=O)c1ccc(Cn3cncn3)cc1)OC(C)C2. The summed E-state index contributed by atoms with van der Waals surface area (Å²) in [6.45, 7) is 5.08. The highest BCUT2D eigenvalue weighted by Crippen LogP contribution is 2.38. The van der Waals surface area contributed by atoms with E-state index in [0.717, 1.165) is 23.3 Å². The second-order valence-electron chi connectivity index (χ2n) is 6.77. The summed E-state index contributed by atoms with van der Waals surface area (Å²) in [5.41, 5.74) is 3.33. The quantitative estimate of drug-likeness (QED) is 0.712. The van der Waals surface area contributed by atoms with Crippen LogP contribution in [0, 0.1) is 0 Å². The second kappa shape index (κ2) is 7.72. The zero-order chi connectivity index (χ0) is 19.5. The van der Waals surface area contributed by atoms with Gasteiger partial charge in [0.2, 0.25) is 0 Å². The summed E-state index contributed by atoms with van der Waals surface area (Å²) in [6, 6.07) is 11.2. The molecule has 0 bridgehead atoms. The Balaban J connectivity index is 1.51. The molecule has 1 aliphatic rings. The number of amides is 1. The highest BCUT2D eigenvalue weighted by atomic mass is 16.5. The van der Waals surface area contributed by atoms with Crippen molar-refractivity contribution in [3.63, 3.8) is 0 Å². The summed E-state index contributed by atoms with van der Waals surface area (Å²) >= 11 is 0. The minimum absolute atomic E-state index is 0.132. The third-order valence-corrected chi connectivity index (χ3v) is 4.57. The number of aromatic nitrogens is 3. The van der Waals surface area contributed by atoms with Crippen LogP contribution in [0.2, 0.25) is 0 Å². The smallest absolute Gasteiger partial charge is 0.255 e. The normalized spacial score (nSPS) is 15.0. The Morgan fingerprint density at radius 1 is 1.32 bits per heavy atom. The van der Waals surface area contributed by atoms with Crippen molar-refractivity contribution in [3.05, 3.63) is 65.7 Å². The molecule has 1 aliphatic heterocycles. The number of nitrogens with zero attached hydrogens (tertiary/aromatic N) is 3. The van der Waals surface area contributed by atoms with Crippen molar-refractivity contribution in [2.75, 3.05) is 11.9 Å². The fourth-order valence-corrected chi connectivity index (χ4v) is 3.27. The van der Waals surface area contributed by atoms with Gasteiger partial charge in [0.05, 0.1) is 18.8 Å². The molecule has 1 unspecified atom stereocenters. The number of carbonyl (C=O) groups excluding carboxylic acids is 1. The largest absolute Gasteiger partial charge is 0.492 e. The van der Waals surface area contributed by atoms with Crippen molar-refractivity contribution < 1.29 is 14.3 Å². The number of anilines is 1. The predicted octanol–water partition coefficient (Wildman–Crippen LogP) is 3.30. The highest BCUT2D eigenvalue weighted by Gasteiger charge is 2.22. The lowest BCUT2D eigenvalue weighted by Crippen LogP contribution is -2.13. The molecule has 1 atom stereocenters. The third kappa shape index (κ3) is 3.83. The molecule has 1 N–H and O–H groups in total. The number of hydrogen-bond acceptors (Lipinski definition) is 5. The van der Waals surface area contributed by atoms with Crippen LogP contribution in [-0.2, 0) is 13.0 Å². The molecule has 0 spiro atoms. The first kappa shape index (κ1) is 18.0. The summed E-state index contributed by atoms with van der Waals surface area (Å²) < 4.78 is 13.3. The van der Waals surface area contributed by atoms with Crippen molar-refractivity contribution in [1.82, 2.24) is 14.8 Å². The molecule has 3 aromatic rings. The minimum atomic E-state index is -0.195. The van der Waals surface area contributed by atoms with Crippen LogP contribution in [0.15, 0.2) is 49.1 Å². The molecule has 2 aromatic carbocycles. The maximum absolute atomic E-state index is 12.7. The van der Waals surface area contributed by atoms with Crippen molar-refractivity contribution in [2.45, 2.75) is 32.9 Å². The maximum Gasteiger partial charge on any atom is 0.255 e. The molecular formula is C21H22N4O3. The number of fused-ring (bicyclic) bond motifs is 1. The molecule has 0 radical (unpaired) electrons. The third-order valence-electron chi connectivity index (χ3n) is 4.57. The summed E-state index contributed by atoms with van der Waals surface area (Å²) in [6.07, 6.45) is 4.13. The number of nitrogens with one attached hydrogen (secondary N) is 1. The van der Waals surface area contributed by atoms with Gasteiger partial charge in [0.25, 0.3) is 5.91 Å². The lowest BCUT2D eigenvalue weighted by molar-refractivity contribution is 0.102. The van der Waals surface area contributed by atoms with Gasteiger partial charge in [-0.2, -0.15) is 5.10 Å².